The number of nitrogens with zero attached hydrogens (tertiary/aromatic N) is 1. The van der Waals surface area contributed by atoms with Gasteiger partial charge in [0, 0.05) is 28.8 Å². The second kappa shape index (κ2) is 6.02. The molecule has 0 saturated carbocycles. The number of hydrogen-bond donors (Lipinski definition) is 1. The summed E-state index contributed by atoms with van der Waals surface area (Å²) in [5, 5.41) is 0. The molecule has 0 amide bonds. The van der Waals surface area contributed by atoms with Gasteiger partial charge in [-0.3, -0.25) is 0 Å². The predicted octanol–water partition coefficient (Wildman–Crippen LogP) is 3.71. The average molecular weight is 327 g/mol. The maximum atomic E-state index is 5.84. The molecule has 1 saturated heterocycles. The highest BCUT2D eigenvalue weighted by Crippen LogP contribution is 2.28. The molecule has 98 valence electrons. The Bertz CT molecular complexity index is 447. The number of hydrogen-bond acceptors (Lipinski definition) is 2. The van der Waals surface area contributed by atoms with E-state index in [-0.39, 0.29) is 0 Å². The summed E-state index contributed by atoms with van der Waals surface area (Å²) in [5.41, 5.74) is 8.00. The molecule has 1 fully saturated rings. The van der Waals surface area contributed by atoms with Gasteiger partial charge in [0.15, 0.2) is 0 Å². The van der Waals surface area contributed by atoms with Gasteiger partial charge in [0.2, 0.25) is 0 Å². The standard InChI is InChI=1S/C14H19BrN2S/c1-10-3-2-7-17(8-6-10)13-5-4-11(15)9-12(13)14(16)18/h4-5,9-10H,2-3,6-8H2,1H3,(H2,16,18). The lowest BCUT2D eigenvalue weighted by atomic mass is 10.0. The molecule has 1 unspecified atom stereocenters. The van der Waals surface area contributed by atoms with E-state index in [9.17, 15) is 0 Å². The molecule has 4 heteroatoms. The Morgan fingerprint density at radius 3 is 2.89 bits per heavy atom. The third-order valence-corrected chi connectivity index (χ3v) is 4.29. The second-order valence-electron chi connectivity index (χ2n) is 5.05. The van der Waals surface area contributed by atoms with Crippen LogP contribution in [0.4, 0.5) is 5.69 Å². The van der Waals surface area contributed by atoms with Gasteiger partial charge < -0.3 is 10.6 Å². The van der Waals surface area contributed by atoms with Crippen LogP contribution in [0.15, 0.2) is 22.7 Å². The summed E-state index contributed by atoms with van der Waals surface area (Å²) >= 11 is 8.65. The van der Waals surface area contributed by atoms with E-state index >= 15 is 0 Å². The van der Waals surface area contributed by atoms with Gasteiger partial charge in [-0.15, -0.1) is 0 Å². The Morgan fingerprint density at radius 2 is 2.17 bits per heavy atom. The fourth-order valence-corrected chi connectivity index (χ4v) is 3.01. The summed E-state index contributed by atoms with van der Waals surface area (Å²) < 4.78 is 1.03. The zero-order chi connectivity index (χ0) is 13.1. The quantitative estimate of drug-likeness (QED) is 0.840. The molecule has 1 heterocycles. The highest BCUT2D eigenvalue weighted by Gasteiger charge is 2.17. The molecule has 0 radical (unpaired) electrons. The van der Waals surface area contributed by atoms with Gasteiger partial charge in [-0.2, -0.15) is 0 Å². The van der Waals surface area contributed by atoms with Crippen LogP contribution in [0.3, 0.4) is 0 Å². The van der Waals surface area contributed by atoms with E-state index in [1.54, 1.807) is 0 Å². The maximum absolute atomic E-state index is 5.84. The zero-order valence-electron chi connectivity index (χ0n) is 10.7. The number of rotatable bonds is 2. The van der Waals surface area contributed by atoms with Crippen LogP contribution in [0.25, 0.3) is 0 Å². The Hall–Kier alpha value is -0.610. The van der Waals surface area contributed by atoms with Crippen molar-refractivity contribution in [2.45, 2.75) is 26.2 Å². The maximum Gasteiger partial charge on any atom is 0.106 e. The first-order valence-electron chi connectivity index (χ1n) is 6.42. The lowest BCUT2D eigenvalue weighted by molar-refractivity contribution is 0.521. The molecule has 0 bridgehead atoms. The minimum atomic E-state index is 0.476. The molecular formula is C14H19BrN2S. The first kappa shape index (κ1) is 13.8. The van der Waals surface area contributed by atoms with E-state index in [4.69, 9.17) is 18.0 Å². The minimum absolute atomic E-state index is 0.476. The summed E-state index contributed by atoms with van der Waals surface area (Å²) in [6, 6.07) is 6.20. The van der Waals surface area contributed by atoms with Gasteiger partial charge >= 0.3 is 0 Å². The van der Waals surface area contributed by atoms with Crippen molar-refractivity contribution in [3.63, 3.8) is 0 Å². The molecule has 2 rings (SSSR count). The van der Waals surface area contributed by atoms with Gasteiger partial charge in [-0.25, -0.2) is 0 Å². The number of nitrogens with two attached hydrogens (primary N) is 1. The monoisotopic (exact) mass is 326 g/mol. The molecule has 0 aliphatic carbocycles. The topological polar surface area (TPSA) is 29.3 Å². The molecule has 2 N–H and O–H groups in total. The molecule has 0 spiro atoms. The largest absolute Gasteiger partial charge is 0.389 e. The Kier molecular flexibility index (Phi) is 4.62. The van der Waals surface area contributed by atoms with Crippen molar-refractivity contribution in [1.29, 1.82) is 0 Å². The molecule has 0 aromatic heterocycles. The van der Waals surface area contributed by atoms with E-state index in [0.29, 0.717) is 4.99 Å². The van der Waals surface area contributed by atoms with Crippen LogP contribution in [0.5, 0.6) is 0 Å². The molecule has 1 aromatic carbocycles. The third-order valence-electron chi connectivity index (χ3n) is 3.58. The van der Waals surface area contributed by atoms with Crippen LogP contribution in [-0.4, -0.2) is 18.1 Å². The highest BCUT2D eigenvalue weighted by atomic mass is 79.9. The first-order chi connectivity index (χ1) is 8.58. The van der Waals surface area contributed by atoms with Crippen molar-refractivity contribution in [3.05, 3.63) is 28.2 Å². The lowest BCUT2D eigenvalue weighted by Crippen LogP contribution is -2.27. The molecular weight excluding hydrogens is 308 g/mol. The van der Waals surface area contributed by atoms with Crippen LogP contribution < -0.4 is 10.6 Å². The van der Waals surface area contributed by atoms with Gasteiger partial charge in [0.25, 0.3) is 0 Å². The van der Waals surface area contributed by atoms with E-state index in [1.807, 2.05) is 6.07 Å². The Morgan fingerprint density at radius 1 is 1.39 bits per heavy atom. The molecule has 2 nitrogen and oxygen atoms in total. The van der Waals surface area contributed by atoms with E-state index < -0.39 is 0 Å². The van der Waals surface area contributed by atoms with Gasteiger partial charge in [-0.1, -0.05) is 35.1 Å². The van der Waals surface area contributed by atoms with Crippen LogP contribution in [0.1, 0.15) is 31.7 Å². The molecule has 18 heavy (non-hydrogen) atoms. The van der Waals surface area contributed by atoms with Crippen LogP contribution >= 0.6 is 28.1 Å². The summed E-state index contributed by atoms with van der Waals surface area (Å²) in [7, 11) is 0. The third kappa shape index (κ3) is 3.23. The normalized spacial score (nSPS) is 20.6. The summed E-state index contributed by atoms with van der Waals surface area (Å²) in [6.07, 6.45) is 3.80. The second-order valence-corrected chi connectivity index (χ2v) is 6.40. The summed E-state index contributed by atoms with van der Waals surface area (Å²) in [6.45, 7) is 4.53. The van der Waals surface area contributed by atoms with Crippen LogP contribution in [0.2, 0.25) is 0 Å². The molecule has 1 aliphatic heterocycles. The van der Waals surface area contributed by atoms with Crippen molar-refractivity contribution in [1.82, 2.24) is 0 Å². The SMILES string of the molecule is CC1CCCN(c2ccc(Br)cc2C(N)=S)CC1. The fraction of sp³-hybridized carbons (Fsp3) is 0.500. The smallest absolute Gasteiger partial charge is 0.106 e. The van der Waals surface area contributed by atoms with Crippen LogP contribution in [0, 0.1) is 5.92 Å². The number of thiocarbonyl (C=S) groups is 1. The fourth-order valence-electron chi connectivity index (χ4n) is 2.49. The summed E-state index contributed by atoms with van der Waals surface area (Å²) in [5.74, 6) is 0.818. The van der Waals surface area contributed by atoms with Gasteiger partial charge in [0.1, 0.15) is 4.99 Å². The first-order valence-corrected chi connectivity index (χ1v) is 7.62. The van der Waals surface area contributed by atoms with Crippen molar-refractivity contribution in [3.8, 4) is 0 Å². The van der Waals surface area contributed by atoms with Crippen LogP contribution in [-0.2, 0) is 0 Å². The Labute approximate surface area is 123 Å². The molecule has 1 aliphatic rings. The van der Waals surface area contributed by atoms with Crippen molar-refractivity contribution in [2.75, 3.05) is 18.0 Å². The number of anilines is 1. The van der Waals surface area contributed by atoms with Crippen molar-refractivity contribution < 1.29 is 0 Å². The van der Waals surface area contributed by atoms with Crippen molar-refractivity contribution >= 4 is 38.8 Å². The minimum Gasteiger partial charge on any atom is -0.389 e. The van der Waals surface area contributed by atoms with E-state index in [2.05, 4.69) is 39.9 Å². The number of benzene rings is 1. The lowest BCUT2D eigenvalue weighted by Gasteiger charge is -2.25. The Balaban J connectivity index is 2.29. The molecule has 1 atom stereocenters. The summed E-state index contributed by atoms with van der Waals surface area (Å²) in [4.78, 5) is 2.90. The van der Waals surface area contributed by atoms with E-state index in [1.165, 1.54) is 24.9 Å². The zero-order valence-corrected chi connectivity index (χ0v) is 13.1. The average Bonchev–Trinajstić information content (AvgIpc) is 2.54. The van der Waals surface area contributed by atoms with Gasteiger partial charge in [-0.05, 0) is 43.4 Å². The van der Waals surface area contributed by atoms with Gasteiger partial charge in [0.05, 0.1) is 0 Å². The van der Waals surface area contributed by atoms with E-state index in [0.717, 1.165) is 29.0 Å². The molecule has 1 aromatic rings. The highest BCUT2D eigenvalue weighted by molar-refractivity contribution is 9.10. The van der Waals surface area contributed by atoms with Crippen molar-refractivity contribution in [2.24, 2.45) is 11.7 Å². The number of halogens is 1. The predicted molar refractivity (Wildman–Crippen MR) is 85.3 cm³/mol.